The molecule has 0 bridgehead atoms. The van der Waals surface area contributed by atoms with E-state index in [1.807, 2.05) is 17.5 Å². The van der Waals surface area contributed by atoms with E-state index in [2.05, 4.69) is 20.4 Å². The Morgan fingerprint density at radius 1 is 1.29 bits per heavy atom. The van der Waals surface area contributed by atoms with Crippen LogP contribution in [0.4, 0.5) is 4.39 Å². The van der Waals surface area contributed by atoms with Gasteiger partial charge in [-0.3, -0.25) is 9.69 Å². The van der Waals surface area contributed by atoms with Crippen molar-refractivity contribution in [2.75, 3.05) is 13.1 Å². The molecule has 146 valence electrons. The van der Waals surface area contributed by atoms with Gasteiger partial charge in [0.1, 0.15) is 5.82 Å². The van der Waals surface area contributed by atoms with Crippen LogP contribution in [0.3, 0.4) is 0 Å². The standard InChI is InChI=1S/C20H21FN4O2S/c21-15-8-6-14(7-9-15)12-22-18(26)13-25-10-2-1-4-16(25)20-23-19(24-27-20)17-5-3-11-28-17/h3,5-9,11,16H,1-2,4,10,12-13H2,(H,22,26)/t16-/m0/s1. The van der Waals surface area contributed by atoms with Crippen LogP contribution >= 0.6 is 11.3 Å². The van der Waals surface area contributed by atoms with Crippen LogP contribution in [-0.2, 0) is 11.3 Å². The van der Waals surface area contributed by atoms with Crippen molar-refractivity contribution in [2.45, 2.75) is 31.8 Å². The number of piperidine rings is 1. The van der Waals surface area contributed by atoms with Gasteiger partial charge in [-0.15, -0.1) is 11.3 Å². The number of hydrogen-bond donors (Lipinski definition) is 1. The van der Waals surface area contributed by atoms with Crippen molar-refractivity contribution in [1.82, 2.24) is 20.4 Å². The van der Waals surface area contributed by atoms with E-state index in [9.17, 15) is 9.18 Å². The zero-order chi connectivity index (χ0) is 19.3. The normalized spacial score (nSPS) is 17.5. The van der Waals surface area contributed by atoms with Crippen molar-refractivity contribution >= 4 is 17.2 Å². The molecule has 1 aliphatic heterocycles. The zero-order valence-corrected chi connectivity index (χ0v) is 16.1. The van der Waals surface area contributed by atoms with E-state index in [0.717, 1.165) is 36.2 Å². The number of likely N-dealkylation sites (tertiary alicyclic amines) is 1. The van der Waals surface area contributed by atoms with Crippen LogP contribution in [0.25, 0.3) is 10.7 Å². The summed E-state index contributed by atoms with van der Waals surface area (Å²) in [5.41, 5.74) is 0.863. The van der Waals surface area contributed by atoms with Crippen molar-refractivity contribution in [1.29, 1.82) is 0 Å². The number of carbonyl (C=O) groups is 1. The third-order valence-electron chi connectivity index (χ3n) is 4.83. The molecule has 1 N–H and O–H groups in total. The summed E-state index contributed by atoms with van der Waals surface area (Å²) in [4.78, 5) is 20.0. The van der Waals surface area contributed by atoms with Crippen LogP contribution < -0.4 is 5.32 Å². The molecule has 1 amide bonds. The minimum Gasteiger partial charge on any atom is -0.351 e. The minimum atomic E-state index is -0.285. The number of hydrogen-bond acceptors (Lipinski definition) is 6. The Morgan fingerprint density at radius 3 is 2.93 bits per heavy atom. The Kier molecular flexibility index (Phi) is 5.78. The Labute approximate surface area is 166 Å². The molecule has 1 fully saturated rings. The summed E-state index contributed by atoms with van der Waals surface area (Å²) in [7, 11) is 0. The summed E-state index contributed by atoms with van der Waals surface area (Å²) in [6, 6.07) is 9.99. The van der Waals surface area contributed by atoms with Crippen molar-refractivity contribution in [3.8, 4) is 10.7 Å². The van der Waals surface area contributed by atoms with Crippen molar-refractivity contribution in [2.24, 2.45) is 0 Å². The first-order chi connectivity index (χ1) is 13.7. The van der Waals surface area contributed by atoms with E-state index in [-0.39, 0.29) is 24.3 Å². The van der Waals surface area contributed by atoms with Gasteiger partial charge >= 0.3 is 0 Å². The van der Waals surface area contributed by atoms with E-state index in [0.29, 0.717) is 18.3 Å². The van der Waals surface area contributed by atoms with Crippen molar-refractivity contribution < 1.29 is 13.7 Å². The quantitative estimate of drug-likeness (QED) is 0.682. The van der Waals surface area contributed by atoms with Crippen LogP contribution in [0.15, 0.2) is 46.3 Å². The van der Waals surface area contributed by atoms with E-state index in [1.165, 1.54) is 12.1 Å². The molecule has 1 atom stereocenters. The van der Waals surface area contributed by atoms with Gasteiger partial charge in [0, 0.05) is 6.54 Å². The summed E-state index contributed by atoms with van der Waals surface area (Å²) < 4.78 is 18.5. The number of benzene rings is 1. The third-order valence-corrected chi connectivity index (χ3v) is 5.70. The van der Waals surface area contributed by atoms with Gasteiger partial charge in [-0.2, -0.15) is 4.98 Å². The molecule has 6 nitrogen and oxygen atoms in total. The maximum absolute atomic E-state index is 13.0. The van der Waals surface area contributed by atoms with Crippen LogP contribution in [0, 0.1) is 5.82 Å². The molecule has 0 radical (unpaired) electrons. The fraction of sp³-hybridized carbons (Fsp3) is 0.350. The van der Waals surface area contributed by atoms with E-state index >= 15 is 0 Å². The van der Waals surface area contributed by atoms with Crippen LogP contribution in [-0.4, -0.2) is 34.0 Å². The monoisotopic (exact) mass is 400 g/mol. The SMILES string of the molecule is O=C(CN1CCCC[C@H]1c1nc(-c2cccs2)no1)NCc1ccc(F)cc1. The maximum Gasteiger partial charge on any atom is 0.244 e. The minimum absolute atomic E-state index is 0.0495. The highest BCUT2D eigenvalue weighted by Crippen LogP contribution is 2.31. The number of nitrogens with one attached hydrogen (secondary N) is 1. The molecular formula is C20H21FN4O2S. The molecule has 4 rings (SSSR count). The zero-order valence-electron chi connectivity index (χ0n) is 15.3. The third kappa shape index (κ3) is 4.45. The molecule has 3 heterocycles. The van der Waals surface area contributed by atoms with Gasteiger partial charge in [0.15, 0.2) is 0 Å². The van der Waals surface area contributed by atoms with Gasteiger partial charge < -0.3 is 9.84 Å². The summed E-state index contributed by atoms with van der Waals surface area (Å²) in [6.45, 7) is 1.45. The van der Waals surface area contributed by atoms with E-state index in [1.54, 1.807) is 23.5 Å². The van der Waals surface area contributed by atoms with Crippen molar-refractivity contribution in [3.05, 3.63) is 59.0 Å². The molecule has 0 unspecified atom stereocenters. The molecule has 3 aromatic rings. The molecule has 1 aliphatic rings. The van der Waals surface area contributed by atoms with Gasteiger partial charge in [0.25, 0.3) is 0 Å². The second-order valence-electron chi connectivity index (χ2n) is 6.82. The van der Waals surface area contributed by atoms with E-state index in [4.69, 9.17) is 4.52 Å². The first-order valence-electron chi connectivity index (χ1n) is 9.32. The average molecular weight is 400 g/mol. The fourth-order valence-electron chi connectivity index (χ4n) is 3.38. The lowest BCUT2D eigenvalue weighted by atomic mass is 10.0. The average Bonchev–Trinajstić information content (AvgIpc) is 3.40. The van der Waals surface area contributed by atoms with Crippen LogP contribution in [0.1, 0.15) is 36.8 Å². The lowest BCUT2D eigenvalue weighted by Crippen LogP contribution is -2.41. The Hall–Kier alpha value is -2.58. The lowest BCUT2D eigenvalue weighted by molar-refractivity contribution is -0.123. The highest BCUT2D eigenvalue weighted by molar-refractivity contribution is 7.13. The predicted octanol–water partition coefficient (Wildman–Crippen LogP) is 3.78. The van der Waals surface area contributed by atoms with Crippen molar-refractivity contribution in [3.63, 3.8) is 0 Å². The topological polar surface area (TPSA) is 71.3 Å². The highest BCUT2D eigenvalue weighted by atomic mass is 32.1. The van der Waals surface area contributed by atoms with Gasteiger partial charge in [-0.25, -0.2) is 4.39 Å². The Bertz CT molecular complexity index is 911. The van der Waals surface area contributed by atoms with Crippen LogP contribution in [0.2, 0.25) is 0 Å². The lowest BCUT2D eigenvalue weighted by Gasteiger charge is -2.32. The first-order valence-corrected chi connectivity index (χ1v) is 10.2. The summed E-state index contributed by atoms with van der Waals surface area (Å²) in [6.07, 6.45) is 2.99. The highest BCUT2D eigenvalue weighted by Gasteiger charge is 2.30. The summed E-state index contributed by atoms with van der Waals surface area (Å²) in [5.74, 6) is 0.799. The molecule has 8 heteroatoms. The molecule has 0 aliphatic carbocycles. The Balaban J connectivity index is 1.38. The number of aromatic nitrogens is 2. The molecular weight excluding hydrogens is 379 g/mol. The van der Waals surface area contributed by atoms with Gasteiger partial charge in [0.05, 0.1) is 17.5 Å². The van der Waals surface area contributed by atoms with E-state index < -0.39 is 0 Å². The molecule has 2 aromatic heterocycles. The number of nitrogens with zero attached hydrogens (tertiary/aromatic N) is 3. The number of amides is 1. The molecule has 28 heavy (non-hydrogen) atoms. The first kappa shape index (κ1) is 18.8. The summed E-state index contributed by atoms with van der Waals surface area (Å²) >= 11 is 1.57. The number of thiophene rings is 1. The maximum atomic E-state index is 13.0. The largest absolute Gasteiger partial charge is 0.351 e. The molecule has 1 aromatic carbocycles. The van der Waals surface area contributed by atoms with Gasteiger partial charge in [0.2, 0.25) is 17.6 Å². The molecule has 1 saturated heterocycles. The predicted molar refractivity (Wildman–Crippen MR) is 104 cm³/mol. The molecule has 0 spiro atoms. The van der Waals surface area contributed by atoms with Gasteiger partial charge in [-0.1, -0.05) is 29.8 Å². The Morgan fingerprint density at radius 2 is 2.14 bits per heavy atom. The number of rotatable bonds is 6. The van der Waals surface area contributed by atoms with Gasteiger partial charge in [-0.05, 0) is 48.5 Å². The van der Waals surface area contributed by atoms with Crippen LogP contribution in [0.5, 0.6) is 0 Å². The number of carbonyl (C=O) groups excluding carboxylic acids is 1. The number of halogens is 1. The smallest absolute Gasteiger partial charge is 0.244 e. The fourth-order valence-corrected chi connectivity index (χ4v) is 4.03. The second kappa shape index (κ2) is 8.62. The summed E-state index contributed by atoms with van der Waals surface area (Å²) in [5, 5.41) is 8.97. The second-order valence-corrected chi connectivity index (χ2v) is 7.77. The molecule has 0 saturated carbocycles.